The lowest BCUT2D eigenvalue weighted by Crippen LogP contribution is -2.46. The molecule has 1 aliphatic heterocycles. The Morgan fingerprint density at radius 2 is 2.08 bits per heavy atom. The maximum absolute atomic E-state index is 12.8. The van der Waals surface area contributed by atoms with Gasteiger partial charge < -0.3 is 25.2 Å². The van der Waals surface area contributed by atoms with Crippen LogP contribution in [0.25, 0.3) is 0 Å². The highest BCUT2D eigenvalue weighted by molar-refractivity contribution is 5.95. The number of phenolic OH excluding ortho intramolecular Hbond substituents is 1. The Kier molecular flexibility index (Phi) is 6.49. The van der Waals surface area contributed by atoms with E-state index in [-0.39, 0.29) is 17.6 Å². The Bertz CT molecular complexity index is 712. The second kappa shape index (κ2) is 8.60. The molecule has 1 aromatic rings. The third-order valence-electron chi connectivity index (χ3n) is 4.06. The number of allylic oxidation sites excluding steroid dienone is 1. The van der Waals surface area contributed by atoms with Crippen LogP contribution < -0.4 is 15.4 Å². The highest BCUT2D eigenvalue weighted by Gasteiger charge is 2.35. The maximum Gasteiger partial charge on any atom is 0.338 e. The topological polar surface area (TPSA) is 96.9 Å². The van der Waals surface area contributed by atoms with Crippen LogP contribution in [0.2, 0.25) is 0 Å². The second-order valence-corrected chi connectivity index (χ2v) is 6.38. The third-order valence-corrected chi connectivity index (χ3v) is 4.06. The lowest BCUT2D eigenvalue weighted by molar-refractivity contribution is -0.143. The number of hydrogen-bond donors (Lipinski definition) is 3. The number of esters is 1. The van der Waals surface area contributed by atoms with Gasteiger partial charge in [-0.1, -0.05) is 25.5 Å². The number of aromatic hydroxyl groups is 1. The number of carbonyl (C=O) groups excluding carboxylic acids is 2. The Hall–Kier alpha value is -2.70. The number of phenols is 1. The van der Waals surface area contributed by atoms with E-state index < -0.39 is 18.0 Å². The van der Waals surface area contributed by atoms with Gasteiger partial charge in [0.2, 0.25) is 0 Å². The molecule has 0 radical (unpaired) electrons. The quantitative estimate of drug-likeness (QED) is 0.648. The van der Waals surface area contributed by atoms with Crippen molar-refractivity contribution in [1.29, 1.82) is 0 Å². The van der Waals surface area contributed by atoms with Crippen LogP contribution in [0.15, 0.2) is 29.5 Å². The fourth-order valence-electron chi connectivity index (χ4n) is 2.86. The van der Waals surface area contributed by atoms with E-state index in [1.54, 1.807) is 32.0 Å². The zero-order valence-corrected chi connectivity index (χ0v) is 15.6. The van der Waals surface area contributed by atoms with Gasteiger partial charge in [-0.25, -0.2) is 9.59 Å². The minimum absolute atomic E-state index is 0.119. The van der Waals surface area contributed by atoms with Crippen molar-refractivity contribution in [1.82, 2.24) is 10.6 Å². The Morgan fingerprint density at radius 1 is 1.35 bits per heavy atom. The van der Waals surface area contributed by atoms with E-state index >= 15 is 0 Å². The van der Waals surface area contributed by atoms with Crippen LogP contribution in [0.1, 0.15) is 51.6 Å². The van der Waals surface area contributed by atoms with E-state index in [0.29, 0.717) is 23.3 Å². The van der Waals surface area contributed by atoms with Crippen LogP contribution in [-0.4, -0.2) is 30.3 Å². The van der Waals surface area contributed by atoms with Gasteiger partial charge in [0.05, 0.1) is 24.8 Å². The molecule has 7 heteroatoms. The first-order valence-corrected chi connectivity index (χ1v) is 8.76. The normalized spacial score (nSPS) is 17.0. The van der Waals surface area contributed by atoms with Crippen LogP contribution in [0, 0.1) is 0 Å². The molecule has 26 heavy (non-hydrogen) atoms. The third kappa shape index (κ3) is 4.28. The molecule has 1 heterocycles. The van der Waals surface area contributed by atoms with E-state index in [9.17, 15) is 14.7 Å². The predicted octanol–water partition coefficient (Wildman–Crippen LogP) is 3.15. The number of benzene rings is 1. The number of hydrogen-bond acceptors (Lipinski definition) is 5. The smallest absolute Gasteiger partial charge is 0.338 e. The molecule has 1 atom stereocenters. The van der Waals surface area contributed by atoms with Crippen LogP contribution in [0.5, 0.6) is 11.5 Å². The molecule has 3 N–H and O–H groups in total. The number of rotatable bonds is 7. The number of amides is 2. The molecule has 7 nitrogen and oxygen atoms in total. The number of urea groups is 1. The van der Waals surface area contributed by atoms with Crippen molar-refractivity contribution in [2.24, 2.45) is 0 Å². The van der Waals surface area contributed by atoms with E-state index in [2.05, 4.69) is 10.6 Å². The molecule has 142 valence electrons. The molecule has 0 spiro atoms. The lowest BCUT2D eigenvalue weighted by Gasteiger charge is -2.30. The first kappa shape index (κ1) is 19.6. The fraction of sp³-hybridized carbons (Fsp3) is 0.474. The minimum atomic E-state index is -0.822. The van der Waals surface area contributed by atoms with Crippen molar-refractivity contribution < 1.29 is 24.2 Å². The summed E-state index contributed by atoms with van der Waals surface area (Å²) in [5.74, 6) is -0.375. The first-order valence-electron chi connectivity index (χ1n) is 8.76. The molecule has 1 aromatic carbocycles. The summed E-state index contributed by atoms with van der Waals surface area (Å²) in [5, 5.41) is 15.9. The van der Waals surface area contributed by atoms with Crippen LogP contribution in [0.4, 0.5) is 4.79 Å². The number of nitrogens with one attached hydrogen (secondary N) is 2. The molecule has 2 rings (SSSR count). The summed E-state index contributed by atoms with van der Waals surface area (Å²) < 4.78 is 10.5. The molecular weight excluding hydrogens is 336 g/mol. The van der Waals surface area contributed by atoms with E-state index in [0.717, 1.165) is 12.8 Å². The Morgan fingerprint density at radius 3 is 2.69 bits per heavy atom. The summed E-state index contributed by atoms with van der Waals surface area (Å²) in [7, 11) is 1.44. The van der Waals surface area contributed by atoms with Crippen molar-refractivity contribution in [3.8, 4) is 11.5 Å². The first-order chi connectivity index (χ1) is 12.4. The van der Waals surface area contributed by atoms with Gasteiger partial charge in [-0.2, -0.15) is 0 Å². The van der Waals surface area contributed by atoms with Gasteiger partial charge in [0.15, 0.2) is 11.5 Å². The van der Waals surface area contributed by atoms with Crippen molar-refractivity contribution in [3.63, 3.8) is 0 Å². The van der Waals surface area contributed by atoms with Crippen LogP contribution in [-0.2, 0) is 9.53 Å². The van der Waals surface area contributed by atoms with E-state index in [1.165, 1.54) is 7.11 Å². The largest absolute Gasteiger partial charge is 0.504 e. The van der Waals surface area contributed by atoms with Gasteiger partial charge in [0, 0.05) is 11.3 Å². The van der Waals surface area contributed by atoms with Crippen molar-refractivity contribution >= 4 is 12.0 Å². The minimum Gasteiger partial charge on any atom is -0.504 e. The summed E-state index contributed by atoms with van der Waals surface area (Å²) in [6, 6.07) is 3.70. The zero-order chi connectivity index (χ0) is 19.3. The molecule has 0 aromatic heterocycles. The maximum atomic E-state index is 12.8. The summed E-state index contributed by atoms with van der Waals surface area (Å²) in [6.45, 7) is 5.55. The van der Waals surface area contributed by atoms with E-state index in [1.807, 2.05) is 6.92 Å². The number of ether oxygens (including phenoxy) is 2. The van der Waals surface area contributed by atoms with Gasteiger partial charge in [0.25, 0.3) is 0 Å². The van der Waals surface area contributed by atoms with Gasteiger partial charge in [0.1, 0.15) is 0 Å². The Balaban J connectivity index is 2.56. The average molecular weight is 362 g/mol. The van der Waals surface area contributed by atoms with Gasteiger partial charge >= 0.3 is 12.0 Å². The predicted molar refractivity (Wildman–Crippen MR) is 96.8 cm³/mol. The van der Waals surface area contributed by atoms with E-state index in [4.69, 9.17) is 9.47 Å². The van der Waals surface area contributed by atoms with Crippen molar-refractivity contribution in [3.05, 3.63) is 35.0 Å². The van der Waals surface area contributed by atoms with Crippen LogP contribution in [0.3, 0.4) is 0 Å². The molecule has 0 saturated heterocycles. The summed E-state index contributed by atoms with van der Waals surface area (Å²) in [4.78, 5) is 24.9. The zero-order valence-electron chi connectivity index (χ0n) is 15.6. The summed E-state index contributed by atoms with van der Waals surface area (Å²) in [6.07, 6.45) is 1.95. The molecule has 0 bridgehead atoms. The number of para-hydroxylation sites is 1. The fourth-order valence-corrected chi connectivity index (χ4v) is 2.86. The highest BCUT2D eigenvalue weighted by Crippen LogP contribution is 2.38. The molecule has 0 fully saturated rings. The number of unbranched alkanes of at least 4 members (excludes halogenated alkanes) is 1. The van der Waals surface area contributed by atoms with Gasteiger partial charge in [-0.3, -0.25) is 0 Å². The monoisotopic (exact) mass is 362 g/mol. The molecule has 0 saturated carbocycles. The molecule has 1 unspecified atom stereocenters. The Labute approximate surface area is 153 Å². The second-order valence-electron chi connectivity index (χ2n) is 6.38. The molecule has 2 amide bonds. The van der Waals surface area contributed by atoms with Crippen molar-refractivity contribution in [2.45, 2.75) is 52.2 Å². The number of carbonyl (C=O) groups is 2. The van der Waals surface area contributed by atoms with Crippen molar-refractivity contribution in [2.75, 3.05) is 7.11 Å². The highest BCUT2D eigenvalue weighted by atomic mass is 16.5. The molecular formula is C19H26N2O5. The summed E-state index contributed by atoms with van der Waals surface area (Å²) >= 11 is 0. The standard InChI is InChI=1S/C19H26N2O5/c1-5-6-9-13-15(18(23)26-11(2)3)16(21-19(24)20-13)12-8-7-10-14(25-4)17(12)22/h7-8,10-11,16,22H,5-6,9H2,1-4H3,(H2,20,21,24). The lowest BCUT2D eigenvalue weighted by atomic mass is 9.92. The molecule has 1 aliphatic rings. The number of methoxy groups -OCH3 is 1. The summed E-state index contributed by atoms with van der Waals surface area (Å²) in [5.41, 5.74) is 1.20. The van der Waals surface area contributed by atoms with Gasteiger partial charge in [-0.15, -0.1) is 0 Å². The van der Waals surface area contributed by atoms with Gasteiger partial charge in [-0.05, 0) is 32.8 Å². The SMILES string of the molecule is CCCCC1=C(C(=O)OC(C)C)C(c2cccc(OC)c2O)NC(=O)N1. The van der Waals surface area contributed by atoms with Crippen LogP contribution >= 0.6 is 0 Å². The molecule has 0 aliphatic carbocycles. The average Bonchev–Trinajstić information content (AvgIpc) is 2.58.